The highest BCUT2D eigenvalue weighted by Crippen LogP contribution is 2.36. The van der Waals surface area contributed by atoms with E-state index in [2.05, 4.69) is 36.2 Å². The monoisotopic (exact) mass is 1050 g/mol. The molecule has 2 aromatic carbocycles. The molecule has 7 heterocycles. The molecule has 404 valence electrons. The highest BCUT2D eigenvalue weighted by Gasteiger charge is 2.33. The number of nitrogens with zero attached hydrogens (tertiary/aromatic N) is 10. The fourth-order valence-corrected chi connectivity index (χ4v) is 9.71. The van der Waals surface area contributed by atoms with E-state index in [-0.39, 0.29) is 55.0 Å². The van der Waals surface area contributed by atoms with E-state index in [4.69, 9.17) is 29.4 Å². The molecule has 0 aliphatic carbocycles. The molecule has 0 saturated heterocycles. The van der Waals surface area contributed by atoms with E-state index in [0.29, 0.717) is 77.2 Å². The molecule has 4 amide bonds. The van der Waals surface area contributed by atoms with Crippen LogP contribution in [-0.4, -0.2) is 116 Å². The lowest BCUT2D eigenvalue weighted by Crippen LogP contribution is -2.40. The number of hydrogen-bond donors (Lipinski definition) is 4. The summed E-state index contributed by atoms with van der Waals surface area (Å²) in [6.07, 6.45) is 4.70. The van der Waals surface area contributed by atoms with Crippen LogP contribution in [0, 0.1) is 6.92 Å². The number of amides is 4. The smallest absolute Gasteiger partial charge is 0.412 e. The van der Waals surface area contributed by atoms with E-state index < -0.39 is 23.4 Å². The van der Waals surface area contributed by atoms with E-state index in [9.17, 15) is 19.2 Å². The minimum atomic E-state index is -0.734. The molecule has 0 spiro atoms. The number of nitrogens with one attached hydrogen (secondary N) is 4. The molecule has 0 saturated carbocycles. The molecule has 2 unspecified atom stereocenters. The van der Waals surface area contributed by atoms with Gasteiger partial charge in [-0.25, -0.2) is 24.5 Å². The molecule has 77 heavy (non-hydrogen) atoms. The van der Waals surface area contributed by atoms with Gasteiger partial charge in [0.05, 0.1) is 23.2 Å². The second-order valence-corrected chi connectivity index (χ2v) is 22.3. The van der Waals surface area contributed by atoms with Gasteiger partial charge in [0.25, 0.3) is 0 Å². The van der Waals surface area contributed by atoms with E-state index in [1.165, 1.54) is 0 Å². The van der Waals surface area contributed by atoms with Crippen LogP contribution in [0.2, 0.25) is 0 Å². The molecular weight excluding hydrogens is 981 g/mol. The van der Waals surface area contributed by atoms with E-state index in [0.717, 1.165) is 33.1 Å². The van der Waals surface area contributed by atoms with Crippen molar-refractivity contribution in [1.82, 2.24) is 49.3 Å². The number of carbonyl (C=O) groups excluding carboxylic acids is 4. The molecule has 0 radical (unpaired) electrons. The largest absolute Gasteiger partial charge is 0.460 e. The lowest BCUT2D eigenvalue weighted by atomic mass is 9.97. The fraction of sp³-hybridized carbons (Fsp3) is 0.429. The lowest BCUT2D eigenvalue weighted by Gasteiger charge is -2.29. The minimum absolute atomic E-state index is 0.0261. The number of anilines is 6. The van der Waals surface area contributed by atoms with Gasteiger partial charge in [-0.2, -0.15) is 15.2 Å². The molecule has 2 atom stereocenters. The summed E-state index contributed by atoms with van der Waals surface area (Å²) in [6.45, 7) is 24.0. The zero-order valence-electron chi connectivity index (χ0n) is 45.8. The average molecular weight is 1050 g/mol. The number of pyridine rings is 2. The Morgan fingerprint density at radius 1 is 0.688 bits per heavy atom. The zero-order chi connectivity index (χ0) is 55.1. The Morgan fingerprint density at radius 2 is 1.29 bits per heavy atom. The summed E-state index contributed by atoms with van der Waals surface area (Å²) in [7, 11) is 0. The second kappa shape index (κ2) is 21.3. The SMILES string of the molecule is Cc1nc(OC(C)CC2CN(C(C)C)C(=O)Cn3nc(Nc4cc5cccc(NC(=O)OC(C)(C)C)c5cn4)cc32)ncc1-c1cc(NC(=O)OC(C)(C)C)c2cnc(Nc3cc4n(n3)CC(=O)N(C(C)C)CC4)cc2c1. The molecule has 2 aliphatic rings. The number of aromatic nitrogens is 8. The van der Waals surface area contributed by atoms with E-state index in [1.807, 2.05) is 121 Å². The van der Waals surface area contributed by atoms with Crippen LogP contribution in [0.3, 0.4) is 0 Å². The maximum absolute atomic E-state index is 13.7. The zero-order valence-corrected chi connectivity index (χ0v) is 45.8. The van der Waals surface area contributed by atoms with Crippen molar-refractivity contribution in [2.24, 2.45) is 0 Å². The van der Waals surface area contributed by atoms with Crippen molar-refractivity contribution in [3.63, 3.8) is 0 Å². The van der Waals surface area contributed by atoms with Gasteiger partial charge in [0.15, 0.2) is 11.6 Å². The summed E-state index contributed by atoms with van der Waals surface area (Å²) in [6, 6.07) is 17.3. The van der Waals surface area contributed by atoms with Gasteiger partial charge in [0.2, 0.25) is 11.8 Å². The first-order valence-corrected chi connectivity index (χ1v) is 26.0. The molecule has 2 aliphatic heterocycles. The average Bonchev–Trinajstić information content (AvgIpc) is 3.83. The van der Waals surface area contributed by atoms with Crippen LogP contribution in [0.15, 0.2) is 73.2 Å². The summed E-state index contributed by atoms with van der Waals surface area (Å²) in [5, 5.41) is 25.0. The van der Waals surface area contributed by atoms with Crippen molar-refractivity contribution >= 4 is 80.2 Å². The van der Waals surface area contributed by atoms with Crippen LogP contribution in [0.25, 0.3) is 32.7 Å². The van der Waals surface area contributed by atoms with Crippen LogP contribution in [0.4, 0.5) is 44.2 Å². The minimum Gasteiger partial charge on any atom is -0.460 e. The van der Waals surface area contributed by atoms with Crippen molar-refractivity contribution in [2.75, 3.05) is 34.4 Å². The Hall–Kier alpha value is -8.36. The summed E-state index contributed by atoms with van der Waals surface area (Å²) >= 11 is 0. The van der Waals surface area contributed by atoms with Crippen LogP contribution in [-0.2, 0) is 38.6 Å². The summed E-state index contributed by atoms with van der Waals surface area (Å²) < 4.78 is 21.1. The number of aryl methyl sites for hydroxylation is 1. The van der Waals surface area contributed by atoms with Gasteiger partial charge in [0.1, 0.15) is 35.9 Å². The van der Waals surface area contributed by atoms with Crippen LogP contribution in [0.1, 0.15) is 106 Å². The van der Waals surface area contributed by atoms with Crippen molar-refractivity contribution in [2.45, 2.75) is 144 Å². The second-order valence-electron chi connectivity index (χ2n) is 22.3. The standard InChI is InChI=1S/C56H68N14O7/c1-31(2)67-17-16-39-23-48(65-69(39)29-50(67)71)63-47-22-37-19-36(20-44(42(37)27-58-47)62-54(74)77-56(10,11)12)40-25-59-52(60-34(40)6)75-33(5)18-38-28-68(32(3)4)51(72)30-70-45(38)24-49(66-70)64-46-21-35-14-13-15-43(41(35)26-57-46)61-53(73)76-55(7,8)9/h13-15,19-27,31-33,38H,16-18,28-30H2,1-12H3,(H,61,73)(H,62,74)(H,57,64,66)(H,58,63,65). The van der Waals surface area contributed by atoms with Gasteiger partial charge in [-0.3, -0.25) is 29.6 Å². The Bertz CT molecular complexity index is 3390. The molecule has 21 nitrogen and oxygen atoms in total. The quantitative estimate of drug-likeness (QED) is 0.0840. The third-order valence-electron chi connectivity index (χ3n) is 13.2. The predicted octanol–water partition coefficient (Wildman–Crippen LogP) is 10.1. The maximum Gasteiger partial charge on any atom is 0.412 e. The fourth-order valence-electron chi connectivity index (χ4n) is 9.71. The molecule has 0 fully saturated rings. The van der Waals surface area contributed by atoms with Crippen molar-refractivity contribution in [3.05, 3.63) is 90.3 Å². The summed E-state index contributed by atoms with van der Waals surface area (Å²) in [4.78, 5) is 75.1. The third-order valence-corrected chi connectivity index (χ3v) is 13.2. The number of carbonyl (C=O) groups is 4. The Labute approximate surface area is 447 Å². The van der Waals surface area contributed by atoms with Gasteiger partial charge in [-0.15, -0.1) is 0 Å². The van der Waals surface area contributed by atoms with E-state index >= 15 is 0 Å². The predicted molar refractivity (Wildman–Crippen MR) is 295 cm³/mol. The van der Waals surface area contributed by atoms with Crippen LogP contribution >= 0.6 is 0 Å². The van der Waals surface area contributed by atoms with Crippen molar-refractivity contribution < 1.29 is 33.4 Å². The Morgan fingerprint density at radius 3 is 1.94 bits per heavy atom. The van der Waals surface area contributed by atoms with Crippen molar-refractivity contribution in [3.8, 4) is 17.1 Å². The molecule has 9 rings (SSSR count). The molecular formula is C56H68N14O7. The number of fused-ring (bicyclic) bond motifs is 4. The van der Waals surface area contributed by atoms with Gasteiger partial charge in [0, 0.05) is 96.0 Å². The highest BCUT2D eigenvalue weighted by atomic mass is 16.6. The first-order valence-electron chi connectivity index (χ1n) is 26.0. The lowest BCUT2D eigenvalue weighted by molar-refractivity contribution is -0.134. The number of rotatable bonds is 13. The molecule has 7 aromatic rings. The number of ether oxygens (including phenoxy) is 3. The summed E-state index contributed by atoms with van der Waals surface area (Å²) in [5.74, 6) is 1.97. The topological polar surface area (TPSA) is 238 Å². The third kappa shape index (κ3) is 12.7. The molecule has 4 N–H and O–H groups in total. The maximum atomic E-state index is 13.7. The Balaban J connectivity index is 0.936. The van der Waals surface area contributed by atoms with Crippen LogP contribution in [0.5, 0.6) is 6.01 Å². The van der Waals surface area contributed by atoms with Gasteiger partial charge < -0.3 is 34.6 Å². The highest BCUT2D eigenvalue weighted by molar-refractivity contribution is 6.04. The number of benzene rings is 2. The molecule has 0 bridgehead atoms. The van der Waals surface area contributed by atoms with E-state index in [1.54, 1.807) is 54.8 Å². The summed E-state index contributed by atoms with van der Waals surface area (Å²) in [5.41, 5.74) is 3.56. The van der Waals surface area contributed by atoms with Gasteiger partial charge >= 0.3 is 18.2 Å². The van der Waals surface area contributed by atoms with Crippen LogP contribution < -0.4 is 26.0 Å². The first-order chi connectivity index (χ1) is 36.4. The number of hydrogen-bond acceptors (Lipinski definition) is 15. The van der Waals surface area contributed by atoms with Gasteiger partial charge in [-0.1, -0.05) is 12.1 Å². The Kier molecular flexibility index (Phi) is 14.8. The normalized spacial score (nSPS) is 15.5. The van der Waals surface area contributed by atoms with Crippen molar-refractivity contribution in [1.29, 1.82) is 0 Å². The molecule has 21 heteroatoms. The van der Waals surface area contributed by atoms with Gasteiger partial charge in [-0.05, 0) is 136 Å². The first kappa shape index (κ1) is 53.5. The molecule has 5 aromatic heterocycles.